The molecule has 2 saturated heterocycles. The standard InChI is InChI=1S/C22H22N2O7/c25-19(23-11-13-24(14-12-23)21(26)22(27)9-10-22)17-5-1-15(2-6-17)16-3-7-18(8-4-16)20-28-30-31-29-20/h1-8,20,27H,9-14H2. The molecule has 2 heterocycles. The maximum absolute atomic E-state index is 12.8. The van der Waals surface area contributed by atoms with Crippen molar-refractivity contribution in [2.45, 2.75) is 24.7 Å². The van der Waals surface area contributed by atoms with Crippen LogP contribution in [0.5, 0.6) is 0 Å². The van der Waals surface area contributed by atoms with Crippen LogP contribution in [0.3, 0.4) is 0 Å². The number of carbonyl (C=O) groups is 2. The summed E-state index contributed by atoms with van der Waals surface area (Å²) in [5, 5.41) is 18.5. The number of benzene rings is 2. The van der Waals surface area contributed by atoms with E-state index in [0.717, 1.165) is 16.7 Å². The molecule has 2 aliphatic heterocycles. The van der Waals surface area contributed by atoms with Crippen molar-refractivity contribution in [1.29, 1.82) is 0 Å². The van der Waals surface area contributed by atoms with Crippen LogP contribution in [0, 0.1) is 0 Å². The predicted octanol–water partition coefficient (Wildman–Crippen LogP) is 1.99. The average molecular weight is 426 g/mol. The maximum Gasteiger partial charge on any atom is 0.255 e. The summed E-state index contributed by atoms with van der Waals surface area (Å²) < 4.78 is 0. The second-order valence-corrected chi connectivity index (χ2v) is 7.98. The molecule has 2 aromatic carbocycles. The number of carbonyl (C=O) groups excluding carboxylic acids is 2. The van der Waals surface area contributed by atoms with Crippen molar-refractivity contribution in [1.82, 2.24) is 9.80 Å². The number of piperazine rings is 1. The lowest BCUT2D eigenvalue weighted by Gasteiger charge is -2.35. The summed E-state index contributed by atoms with van der Waals surface area (Å²) in [5.41, 5.74) is 2.14. The molecule has 1 saturated carbocycles. The fourth-order valence-electron chi connectivity index (χ4n) is 3.79. The van der Waals surface area contributed by atoms with Crippen molar-refractivity contribution in [2.75, 3.05) is 26.2 Å². The van der Waals surface area contributed by atoms with Crippen LogP contribution in [-0.4, -0.2) is 58.5 Å². The van der Waals surface area contributed by atoms with Crippen LogP contribution in [0.4, 0.5) is 0 Å². The molecular weight excluding hydrogens is 404 g/mol. The molecule has 0 spiro atoms. The highest BCUT2D eigenvalue weighted by Gasteiger charge is 2.50. The summed E-state index contributed by atoms with van der Waals surface area (Å²) in [5.74, 6) is -0.268. The predicted molar refractivity (Wildman–Crippen MR) is 106 cm³/mol. The second-order valence-electron chi connectivity index (χ2n) is 7.98. The number of hydrogen-bond donors (Lipinski definition) is 1. The summed E-state index contributed by atoms with van der Waals surface area (Å²) in [7, 11) is 0. The van der Waals surface area contributed by atoms with Gasteiger partial charge in [-0.3, -0.25) is 9.59 Å². The van der Waals surface area contributed by atoms with Gasteiger partial charge in [-0.15, -0.1) is 0 Å². The van der Waals surface area contributed by atoms with E-state index in [2.05, 4.69) is 10.1 Å². The van der Waals surface area contributed by atoms with Crippen LogP contribution in [0.25, 0.3) is 11.1 Å². The highest BCUT2D eigenvalue weighted by Crippen LogP contribution is 2.37. The van der Waals surface area contributed by atoms with Crippen LogP contribution in [-0.2, 0) is 24.6 Å². The Labute approximate surface area is 178 Å². The van der Waals surface area contributed by atoms with Crippen molar-refractivity contribution in [2.24, 2.45) is 0 Å². The zero-order valence-electron chi connectivity index (χ0n) is 16.7. The lowest BCUT2D eigenvalue weighted by atomic mass is 10.0. The first-order valence-electron chi connectivity index (χ1n) is 10.2. The third kappa shape index (κ3) is 4.06. The Morgan fingerprint density at radius 2 is 1.32 bits per heavy atom. The molecule has 0 radical (unpaired) electrons. The van der Waals surface area contributed by atoms with Crippen molar-refractivity contribution < 1.29 is 34.5 Å². The van der Waals surface area contributed by atoms with Gasteiger partial charge in [0.1, 0.15) is 5.60 Å². The minimum atomic E-state index is -1.15. The molecule has 0 aromatic heterocycles. The molecule has 9 nitrogen and oxygen atoms in total. The fraction of sp³-hybridized carbons (Fsp3) is 0.364. The first-order valence-corrected chi connectivity index (χ1v) is 10.2. The van der Waals surface area contributed by atoms with Crippen LogP contribution < -0.4 is 0 Å². The minimum absolute atomic E-state index is 0.0605. The molecule has 31 heavy (non-hydrogen) atoms. The molecular formula is C22H22N2O7. The van der Waals surface area contributed by atoms with Gasteiger partial charge in [0, 0.05) is 37.3 Å². The topological polar surface area (TPSA) is 97.8 Å². The summed E-state index contributed by atoms with van der Waals surface area (Å²) in [6.07, 6.45) is 0.341. The molecule has 3 fully saturated rings. The van der Waals surface area contributed by atoms with Gasteiger partial charge in [0.15, 0.2) is 0 Å². The minimum Gasteiger partial charge on any atom is -0.380 e. The van der Waals surface area contributed by atoms with Crippen LogP contribution in [0.2, 0.25) is 0 Å². The zero-order valence-corrected chi connectivity index (χ0v) is 16.7. The number of rotatable bonds is 4. The SMILES string of the molecule is O=C(c1ccc(-c2ccc(C3OOOO3)cc2)cc1)N1CCN(C(=O)C2(O)CC2)CC1. The monoisotopic (exact) mass is 426 g/mol. The van der Waals surface area contributed by atoms with Gasteiger partial charge in [-0.2, -0.15) is 9.78 Å². The van der Waals surface area contributed by atoms with Gasteiger partial charge >= 0.3 is 0 Å². The lowest BCUT2D eigenvalue weighted by molar-refractivity contribution is -0.532. The van der Waals surface area contributed by atoms with E-state index in [1.165, 1.54) is 0 Å². The van der Waals surface area contributed by atoms with E-state index in [4.69, 9.17) is 9.78 Å². The zero-order chi connectivity index (χ0) is 21.4. The van der Waals surface area contributed by atoms with Crippen molar-refractivity contribution in [3.05, 3.63) is 59.7 Å². The largest absolute Gasteiger partial charge is 0.380 e. The third-order valence-corrected chi connectivity index (χ3v) is 5.90. The highest BCUT2D eigenvalue weighted by molar-refractivity contribution is 5.95. The van der Waals surface area contributed by atoms with E-state index in [-0.39, 0.29) is 11.8 Å². The summed E-state index contributed by atoms with van der Waals surface area (Å²) in [4.78, 5) is 38.1. The van der Waals surface area contributed by atoms with E-state index in [9.17, 15) is 14.7 Å². The Kier molecular flexibility index (Phi) is 5.20. The molecule has 0 unspecified atom stereocenters. The lowest BCUT2D eigenvalue weighted by Crippen LogP contribution is -2.53. The van der Waals surface area contributed by atoms with Crippen molar-refractivity contribution in [3.63, 3.8) is 0 Å². The number of aliphatic hydroxyl groups is 1. The average Bonchev–Trinajstić information content (AvgIpc) is 3.34. The van der Waals surface area contributed by atoms with Gasteiger partial charge in [-0.05, 0) is 46.2 Å². The smallest absolute Gasteiger partial charge is 0.255 e. The third-order valence-electron chi connectivity index (χ3n) is 5.90. The second kappa shape index (κ2) is 8.03. The molecule has 2 aromatic rings. The van der Waals surface area contributed by atoms with E-state index in [0.29, 0.717) is 44.6 Å². The molecule has 3 aliphatic rings. The molecule has 1 aliphatic carbocycles. The van der Waals surface area contributed by atoms with Gasteiger partial charge in [0.2, 0.25) is 0 Å². The molecule has 5 rings (SSSR count). The molecule has 0 atom stereocenters. The normalized spacial score (nSPS) is 20.7. The quantitative estimate of drug-likeness (QED) is 0.747. The summed E-state index contributed by atoms with van der Waals surface area (Å²) in [6.45, 7) is 1.81. The molecule has 9 heteroatoms. The molecule has 1 N–H and O–H groups in total. The Hall–Kier alpha value is -2.82. The van der Waals surface area contributed by atoms with E-state index < -0.39 is 11.9 Å². The Morgan fingerprint density at radius 3 is 1.87 bits per heavy atom. The van der Waals surface area contributed by atoms with Gasteiger partial charge in [-0.25, -0.2) is 0 Å². The van der Waals surface area contributed by atoms with Gasteiger partial charge in [-0.1, -0.05) is 36.4 Å². The maximum atomic E-state index is 12.8. The Morgan fingerprint density at radius 1 is 0.806 bits per heavy atom. The molecule has 0 bridgehead atoms. The summed E-state index contributed by atoms with van der Waals surface area (Å²) in [6, 6.07) is 14.9. The first-order chi connectivity index (χ1) is 15.0. The Bertz CT molecular complexity index is 958. The highest BCUT2D eigenvalue weighted by atomic mass is 17.7. The fourth-order valence-corrected chi connectivity index (χ4v) is 3.79. The molecule has 162 valence electrons. The Balaban J connectivity index is 1.20. The van der Waals surface area contributed by atoms with Gasteiger partial charge in [0.25, 0.3) is 18.1 Å². The first kappa shape index (κ1) is 20.1. The van der Waals surface area contributed by atoms with Gasteiger partial charge in [0.05, 0.1) is 0 Å². The summed E-state index contributed by atoms with van der Waals surface area (Å²) >= 11 is 0. The van der Waals surface area contributed by atoms with E-state index in [1.807, 2.05) is 36.4 Å². The van der Waals surface area contributed by atoms with Crippen LogP contribution in [0.1, 0.15) is 35.1 Å². The van der Waals surface area contributed by atoms with Gasteiger partial charge < -0.3 is 14.9 Å². The molecule has 2 amide bonds. The van der Waals surface area contributed by atoms with Crippen molar-refractivity contribution in [3.8, 4) is 11.1 Å². The number of amides is 2. The van der Waals surface area contributed by atoms with E-state index >= 15 is 0 Å². The van der Waals surface area contributed by atoms with Crippen LogP contribution in [0.15, 0.2) is 48.5 Å². The van der Waals surface area contributed by atoms with Crippen molar-refractivity contribution >= 4 is 11.8 Å². The van der Waals surface area contributed by atoms with E-state index in [1.54, 1.807) is 21.9 Å². The number of hydrogen-bond acceptors (Lipinski definition) is 7. The van der Waals surface area contributed by atoms with Crippen LogP contribution >= 0.6 is 0 Å². The number of nitrogens with zero attached hydrogens (tertiary/aromatic N) is 2.